The molecule has 0 heterocycles. The minimum atomic E-state index is 1.00. The van der Waals surface area contributed by atoms with Crippen LogP contribution < -0.4 is 0 Å². The minimum absolute atomic E-state index is 1.00. The molecule has 3 rings (SSSR count). The van der Waals surface area contributed by atoms with E-state index >= 15 is 0 Å². The summed E-state index contributed by atoms with van der Waals surface area (Å²) in [6.07, 6.45) is 18.2. The third kappa shape index (κ3) is 3.73. The molecule has 0 aromatic heterocycles. The quantitative estimate of drug-likeness (QED) is 0.467. The van der Waals surface area contributed by atoms with Gasteiger partial charge in [0.05, 0.1) is 0 Å². The monoisotopic (exact) mass is 332 g/mol. The summed E-state index contributed by atoms with van der Waals surface area (Å²) in [4.78, 5) is 0. The topological polar surface area (TPSA) is 0 Å². The highest BCUT2D eigenvalue weighted by atomic mass is 14.5. The highest BCUT2D eigenvalue weighted by molar-refractivity contribution is 4.98. The Morgan fingerprint density at radius 3 is 2.38 bits per heavy atom. The van der Waals surface area contributed by atoms with Crippen LogP contribution in [0.3, 0.4) is 0 Å². The first-order chi connectivity index (χ1) is 11.7. The normalized spacial score (nSPS) is 46.0. The van der Waals surface area contributed by atoms with Gasteiger partial charge in [0.1, 0.15) is 0 Å². The van der Waals surface area contributed by atoms with Gasteiger partial charge in [-0.25, -0.2) is 0 Å². The molecule has 8 unspecified atom stereocenters. The number of rotatable bonds is 6. The predicted molar refractivity (Wildman–Crippen MR) is 106 cm³/mol. The molecule has 0 amide bonds. The lowest BCUT2D eigenvalue weighted by Gasteiger charge is -2.52. The van der Waals surface area contributed by atoms with Gasteiger partial charge in [-0.2, -0.15) is 0 Å². The van der Waals surface area contributed by atoms with E-state index in [2.05, 4.69) is 27.7 Å². The van der Waals surface area contributed by atoms with Gasteiger partial charge in [0, 0.05) is 0 Å². The smallest absolute Gasteiger partial charge is 0.0321 e. The fraction of sp³-hybridized carbons (Fsp3) is 1.00. The maximum absolute atomic E-state index is 2.63. The van der Waals surface area contributed by atoms with Gasteiger partial charge >= 0.3 is 0 Å². The molecule has 3 saturated carbocycles. The average molecular weight is 333 g/mol. The Bertz CT molecular complexity index is 372. The van der Waals surface area contributed by atoms with E-state index in [1.807, 2.05) is 0 Å². The first kappa shape index (κ1) is 18.8. The summed E-state index contributed by atoms with van der Waals surface area (Å²) in [5.41, 5.74) is 0. The zero-order valence-electron chi connectivity index (χ0n) is 17.1. The molecule has 0 nitrogen and oxygen atoms in total. The van der Waals surface area contributed by atoms with Crippen LogP contribution in [-0.2, 0) is 0 Å². The first-order valence-corrected chi connectivity index (χ1v) is 11.7. The van der Waals surface area contributed by atoms with Crippen molar-refractivity contribution in [2.24, 2.45) is 47.3 Å². The summed E-state index contributed by atoms with van der Waals surface area (Å²) in [7, 11) is 0. The van der Waals surface area contributed by atoms with Crippen molar-refractivity contribution in [2.45, 2.75) is 105 Å². The van der Waals surface area contributed by atoms with E-state index < -0.39 is 0 Å². The molecule has 0 aromatic rings. The van der Waals surface area contributed by atoms with E-state index in [4.69, 9.17) is 0 Å². The Kier molecular flexibility index (Phi) is 6.72. The molecule has 0 radical (unpaired) electrons. The van der Waals surface area contributed by atoms with E-state index in [1.54, 1.807) is 44.9 Å². The Hall–Kier alpha value is 0. The van der Waals surface area contributed by atoms with E-state index in [0.29, 0.717) is 0 Å². The van der Waals surface area contributed by atoms with Crippen LogP contribution in [0.5, 0.6) is 0 Å². The molecule has 0 N–H and O–H groups in total. The summed E-state index contributed by atoms with van der Waals surface area (Å²) in [5.74, 6) is 8.53. The highest BCUT2D eigenvalue weighted by Gasteiger charge is 2.49. The molecule has 24 heavy (non-hydrogen) atoms. The summed E-state index contributed by atoms with van der Waals surface area (Å²) < 4.78 is 0. The van der Waals surface area contributed by atoms with Gasteiger partial charge in [-0.1, -0.05) is 72.6 Å². The van der Waals surface area contributed by atoms with E-state index in [1.165, 1.54) is 32.1 Å². The van der Waals surface area contributed by atoms with Crippen LogP contribution >= 0.6 is 0 Å². The Morgan fingerprint density at radius 2 is 1.67 bits per heavy atom. The molecule has 3 aliphatic carbocycles. The second-order valence-corrected chi connectivity index (χ2v) is 9.87. The third-order valence-electron chi connectivity index (χ3n) is 8.75. The second kappa shape index (κ2) is 8.59. The fourth-order valence-corrected chi connectivity index (χ4v) is 7.50. The summed E-state index contributed by atoms with van der Waals surface area (Å²) in [5, 5.41) is 0. The zero-order chi connectivity index (χ0) is 17.1. The van der Waals surface area contributed by atoms with Crippen molar-refractivity contribution in [3.8, 4) is 0 Å². The van der Waals surface area contributed by atoms with Crippen molar-refractivity contribution in [1.29, 1.82) is 0 Å². The molecule has 0 bridgehead atoms. The maximum atomic E-state index is 2.63. The van der Waals surface area contributed by atoms with Crippen LogP contribution in [0.15, 0.2) is 0 Å². The molecule has 140 valence electrons. The number of hydrogen-bond acceptors (Lipinski definition) is 0. The summed E-state index contributed by atoms with van der Waals surface area (Å²) >= 11 is 0. The van der Waals surface area contributed by atoms with Crippen LogP contribution in [0.4, 0.5) is 0 Å². The van der Waals surface area contributed by atoms with Gasteiger partial charge in [0.2, 0.25) is 0 Å². The Balaban J connectivity index is 1.81. The molecule has 0 aromatic carbocycles. The first-order valence-electron chi connectivity index (χ1n) is 11.7. The van der Waals surface area contributed by atoms with Crippen molar-refractivity contribution < 1.29 is 0 Å². The number of fused-ring (bicyclic) bond motifs is 1. The third-order valence-corrected chi connectivity index (χ3v) is 8.75. The number of unbranched alkanes of at least 4 members (excludes halogenated alkanes) is 1. The lowest BCUT2D eigenvalue weighted by atomic mass is 9.53. The van der Waals surface area contributed by atoms with Crippen molar-refractivity contribution >= 4 is 0 Å². The standard InChI is InChI=1S/C24H44/c1-5-8-11-21-17(4)15-20-10-9-12-22(20)24(21)23-14-13-18(6-2)16-19(23)7-3/h17-24H,5-16H2,1-4H3. The van der Waals surface area contributed by atoms with Crippen LogP contribution in [0, 0.1) is 47.3 Å². The lowest BCUT2D eigenvalue weighted by Crippen LogP contribution is -2.44. The highest BCUT2D eigenvalue weighted by Crippen LogP contribution is 2.57. The molecule has 3 fully saturated rings. The largest absolute Gasteiger partial charge is 0.0654 e. The predicted octanol–water partition coefficient (Wildman–Crippen LogP) is 7.72. The molecule has 8 atom stereocenters. The van der Waals surface area contributed by atoms with Crippen LogP contribution in [0.1, 0.15) is 105 Å². The SMILES string of the molecule is CCCCC1C(C)CC2CCCC2C1C1CCC(CC)CC1CC. The van der Waals surface area contributed by atoms with Gasteiger partial charge in [-0.05, 0) is 79.4 Å². The fourth-order valence-electron chi connectivity index (χ4n) is 7.50. The van der Waals surface area contributed by atoms with Gasteiger partial charge < -0.3 is 0 Å². The summed E-state index contributed by atoms with van der Waals surface area (Å²) in [6, 6.07) is 0. The molecule has 3 aliphatic rings. The van der Waals surface area contributed by atoms with Gasteiger partial charge in [0.15, 0.2) is 0 Å². The van der Waals surface area contributed by atoms with Gasteiger partial charge in [-0.15, -0.1) is 0 Å². The molecule has 0 saturated heterocycles. The maximum Gasteiger partial charge on any atom is -0.0321 e. The van der Waals surface area contributed by atoms with E-state index in [9.17, 15) is 0 Å². The van der Waals surface area contributed by atoms with Gasteiger partial charge in [-0.3, -0.25) is 0 Å². The Labute approximate surface area is 152 Å². The number of hydrogen-bond donors (Lipinski definition) is 0. The van der Waals surface area contributed by atoms with Crippen molar-refractivity contribution in [2.75, 3.05) is 0 Å². The second-order valence-electron chi connectivity index (χ2n) is 9.87. The van der Waals surface area contributed by atoms with Crippen LogP contribution in [0.25, 0.3) is 0 Å². The van der Waals surface area contributed by atoms with Crippen molar-refractivity contribution in [1.82, 2.24) is 0 Å². The van der Waals surface area contributed by atoms with Crippen LogP contribution in [0.2, 0.25) is 0 Å². The lowest BCUT2D eigenvalue weighted by molar-refractivity contribution is -0.0276. The molecule has 0 spiro atoms. The molecule has 0 aliphatic heterocycles. The molecular formula is C24H44. The zero-order valence-corrected chi connectivity index (χ0v) is 17.1. The van der Waals surface area contributed by atoms with Gasteiger partial charge in [0.25, 0.3) is 0 Å². The Morgan fingerprint density at radius 1 is 0.833 bits per heavy atom. The van der Waals surface area contributed by atoms with E-state index in [-0.39, 0.29) is 0 Å². The minimum Gasteiger partial charge on any atom is -0.0654 e. The van der Waals surface area contributed by atoms with Crippen molar-refractivity contribution in [3.05, 3.63) is 0 Å². The molecular weight excluding hydrogens is 288 g/mol. The molecule has 0 heteroatoms. The van der Waals surface area contributed by atoms with Crippen LogP contribution in [-0.4, -0.2) is 0 Å². The summed E-state index contributed by atoms with van der Waals surface area (Å²) in [6.45, 7) is 9.94. The van der Waals surface area contributed by atoms with Crippen molar-refractivity contribution in [3.63, 3.8) is 0 Å². The van der Waals surface area contributed by atoms with E-state index in [0.717, 1.165) is 47.3 Å². The average Bonchev–Trinajstić information content (AvgIpc) is 3.06.